The zero-order valence-electron chi connectivity index (χ0n) is 6.76. The lowest BCUT2D eigenvalue weighted by molar-refractivity contribution is 1.00. The van der Waals surface area contributed by atoms with Crippen molar-refractivity contribution < 1.29 is 0 Å². The van der Waals surface area contributed by atoms with Crippen LogP contribution in [0.1, 0.15) is 5.01 Å². The van der Waals surface area contributed by atoms with Gasteiger partial charge in [0, 0.05) is 0 Å². The summed E-state index contributed by atoms with van der Waals surface area (Å²) in [5.41, 5.74) is 5.41. The van der Waals surface area contributed by atoms with Crippen LogP contribution in [-0.4, -0.2) is 20.4 Å². The summed E-state index contributed by atoms with van der Waals surface area (Å²) >= 11 is 3.88. The molecular weight excluding hydrogens is 242 g/mol. The van der Waals surface area contributed by atoms with E-state index in [1.165, 1.54) is 23.1 Å². The number of H-pyrrole nitrogens is 1. The topological polar surface area (TPSA) is 97.5 Å². The Morgan fingerprint density at radius 1 is 1.43 bits per heavy atom. The van der Waals surface area contributed by atoms with Gasteiger partial charge in [0.25, 0.3) is 0 Å². The van der Waals surface area contributed by atoms with Crippen molar-refractivity contribution in [3.8, 4) is 0 Å². The molecular formula is C5H5N5OS3. The molecule has 0 aliphatic carbocycles. The van der Waals surface area contributed by atoms with Crippen LogP contribution in [0.2, 0.25) is 0 Å². The Morgan fingerprint density at radius 3 is 2.86 bits per heavy atom. The van der Waals surface area contributed by atoms with Crippen LogP contribution < -0.4 is 10.6 Å². The average molecular weight is 247 g/mol. The summed E-state index contributed by atoms with van der Waals surface area (Å²) in [6.07, 6.45) is 0. The molecule has 74 valence electrons. The number of rotatable bonds is 3. The standard InChI is InChI=1S/C5H5N5OS3/c6-3-8-10-5(14-3)12-1-2-7-9-4(11)13-2/h1H2,(H2,6,8)(H,9,11). The Kier molecular flexibility index (Phi) is 2.79. The number of aromatic amines is 1. The van der Waals surface area contributed by atoms with Crippen molar-refractivity contribution in [2.45, 2.75) is 10.1 Å². The molecule has 0 unspecified atom stereocenters. The van der Waals surface area contributed by atoms with Crippen LogP contribution in [0.5, 0.6) is 0 Å². The first-order valence-electron chi connectivity index (χ1n) is 3.50. The molecule has 0 saturated carbocycles. The molecule has 0 aliphatic heterocycles. The molecule has 2 aromatic rings. The Morgan fingerprint density at radius 2 is 2.29 bits per heavy atom. The molecule has 0 saturated heterocycles. The van der Waals surface area contributed by atoms with Crippen molar-refractivity contribution in [2.75, 3.05) is 5.73 Å². The predicted octanol–water partition coefficient (Wildman–Crippen LogP) is 0.557. The molecule has 9 heteroatoms. The largest absolute Gasteiger partial charge is 0.374 e. The first-order valence-corrected chi connectivity index (χ1v) is 6.12. The molecule has 2 aromatic heterocycles. The molecule has 6 nitrogen and oxygen atoms in total. The first kappa shape index (κ1) is 9.62. The summed E-state index contributed by atoms with van der Waals surface area (Å²) in [4.78, 5) is 10.6. The molecule has 2 heterocycles. The number of nitrogens with one attached hydrogen (secondary N) is 1. The number of thioether (sulfide) groups is 1. The van der Waals surface area contributed by atoms with Gasteiger partial charge in [-0.25, -0.2) is 5.10 Å². The van der Waals surface area contributed by atoms with Gasteiger partial charge in [-0.3, -0.25) is 4.79 Å². The third-order valence-corrected chi connectivity index (χ3v) is 4.05. The van der Waals surface area contributed by atoms with Crippen LogP contribution in [0, 0.1) is 0 Å². The van der Waals surface area contributed by atoms with Gasteiger partial charge in [0.05, 0.1) is 5.75 Å². The number of anilines is 1. The van der Waals surface area contributed by atoms with E-state index >= 15 is 0 Å². The van der Waals surface area contributed by atoms with Gasteiger partial charge in [-0.15, -0.1) is 10.2 Å². The van der Waals surface area contributed by atoms with Gasteiger partial charge < -0.3 is 5.73 Å². The third-order valence-electron chi connectivity index (χ3n) is 1.22. The van der Waals surface area contributed by atoms with Gasteiger partial charge in [-0.05, 0) is 0 Å². The zero-order chi connectivity index (χ0) is 9.97. The summed E-state index contributed by atoms with van der Waals surface area (Å²) in [5, 5.41) is 14.9. The van der Waals surface area contributed by atoms with Crippen molar-refractivity contribution in [3.05, 3.63) is 14.7 Å². The minimum absolute atomic E-state index is 0.141. The highest BCUT2D eigenvalue weighted by Gasteiger charge is 2.04. The van der Waals surface area contributed by atoms with Crippen LogP contribution in [-0.2, 0) is 5.75 Å². The maximum absolute atomic E-state index is 10.8. The van der Waals surface area contributed by atoms with E-state index in [0.717, 1.165) is 20.7 Å². The molecule has 0 radical (unpaired) electrons. The fourth-order valence-electron chi connectivity index (χ4n) is 0.725. The second-order valence-corrected chi connectivity index (χ2v) is 5.48. The Bertz CT molecular complexity index is 473. The number of nitrogens with zero attached hydrogens (tertiary/aromatic N) is 3. The highest BCUT2D eigenvalue weighted by atomic mass is 32.2. The molecule has 0 amide bonds. The summed E-state index contributed by atoms with van der Waals surface area (Å²) in [7, 11) is 0. The molecule has 2 rings (SSSR count). The Hall–Kier alpha value is -0.930. The van der Waals surface area contributed by atoms with E-state index in [4.69, 9.17) is 5.73 Å². The lowest BCUT2D eigenvalue weighted by atomic mass is 10.9. The van der Waals surface area contributed by atoms with Gasteiger partial charge in [0.1, 0.15) is 5.01 Å². The van der Waals surface area contributed by atoms with Crippen molar-refractivity contribution in [1.82, 2.24) is 20.4 Å². The number of nitrogens with two attached hydrogens (primary N) is 1. The number of nitrogen functional groups attached to an aromatic ring is 1. The third kappa shape index (κ3) is 2.30. The number of hydrogen-bond acceptors (Lipinski definition) is 8. The summed E-state index contributed by atoms with van der Waals surface area (Å²) < 4.78 is 0.783. The Labute approximate surface area is 90.6 Å². The van der Waals surface area contributed by atoms with Crippen LogP contribution in [0.3, 0.4) is 0 Å². The highest BCUT2D eigenvalue weighted by molar-refractivity contribution is 8.00. The fraction of sp³-hybridized carbons (Fsp3) is 0.200. The minimum atomic E-state index is -0.141. The maximum atomic E-state index is 10.8. The van der Waals surface area contributed by atoms with Gasteiger partial charge >= 0.3 is 4.87 Å². The molecule has 0 spiro atoms. The number of aromatic nitrogens is 4. The lowest BCUT2D eigenvalue weighted by Gasteiger charge is -1.88. The minimum Gasteiger partial charge on any atom is -0.374 e. The Balaban J connectivity index is 1.98. The maximum Gasteiger partial charge on any atom is 0.322 e. The van der Waals surface area contributed by atoms with Gasteiger partial charge in [-0.2, -0.15) is 5.10 Å². The number of hydrogen-bond donors (Lipinski definition) is 2. The second kappa shape index (κ2) is 4.07. The van der Waals surface area contributed by atoms with Crippen molar-refractivity contribution in [2.24, 2.45) is 0 Å². The summed E-state index contributed by atoms with van der Waals surface area (Å²) in [6, 6.07) is 0. The van der Waals surface area contributed by atoms with E-state index in [0.29, 0.717) is 10.9 Å². The van der Waals surface area contributed by atoms with Crippen molar-refractivity contribution in [1.29, 1.82) is 0 Å². The molecule has 0 fully saturated rings. The van der Waals surface area contributed by atoms with E-state index in [-0.39, 0.29) is 4.87 Å². The lowest BCUT2D eigenvalue weighted by Crippen LogP contribution is -1.90. The van der Waals surface area contributed by atoms with E-state index < -0.39 is 0 Å². The van der Waals surface area contributed by atoms with Gasteiger partial charge in [-0.1, -0.05) is 34.4 Å². The second-order valence-electron chi connectivity index (χ2n) is 2.20. The predicted molar refractivity (Wildman–Crippen MR) is 56.6 cm³/mol. The first-order chi connectivity index (χ1) is 6.74. The monoisotopic (exact) mass is 247 g/mol. The smallest absolute Gasteiger partial charge is 0.322 e. The van der Waals surface area contributed by atoms with Gasteiger partial charge in [0.2, 0.25) is 5.13 Å². The molecule has 14 heavy (non-hydrogen) atoms. The van der Waals surface area contributed by atoms with E-state index in [1.54, 1.807) is 0 Å². The van der Waals surface area contributed by atoms with Crippen molar-refractivity contribution in [3.63, 3.8) is 0 Å². The van der Waals surface area contributed by atoms with E-state index in [2.05, 4.69) is 20.4 Å². The SMILES string of the molecule is Nc1nnc(SCc2n[nH]c(=O)s2)s1. The fourth-order valence-corrected chi connectivity index (χ4v) is 2.95. The van der Waals surface area contributed by atoms with E-state index in [1.807, 2.05) is 0 Å². The molecule has 0 aromatic carbocycles. The normalized spacial score (nSPS) is 10.6. The molecule has 0 aliphatic rings. The van der Waals surface area contributed by atoms with E-state index in [9.17, 15) is 4.79 Å². The zero-order valence-corrected chi connectivity index (χ0v) is 9.21. The highest BCUT2D eigenvalue weighted by Crippen LogP contribution is 2.26. The molecule has 0 atom stereocenters. The molecule has 0 bridgehead atoms. The van der Waals surface area contributed by atoms with Crippen LogP contribution in [0.25, 0.3) is 0 Å². The average Bonchev–Trinajstić information content (AvgIpc) is 2.72. The summed E-state index contributed by atoms with van der Waals surface area (Å²) in [5.74, 6) is 0.609. The summed E-state index contributed by atoms with van der Waals surface area (Å²) in [6.45, 7) is 0. The van der Waals surface area contributed by atoms with Crippen molar-refractivity contribution >= 4 is 39.6 Å². The van der Waals surface area contributed by atoms with Crippen LogP contribution >= 0.6 is 34.4 Å². The quantitative estimate of drug-likeness (QED) is 0.769. The van der Waals surface area contributed by atoms with Gasteiger partial charge in [0.15, 0.2) is 4.34 Å². The van der Waals surface area contributed by atoms with Crippen LogP contribution in [0.4, 0.5) is 5.13 Å². The molecule has 3 N–H and O–H groups in total. The van der Waals surface area contributed by atoms with Crippen LogP contribution in [0.15, 0.2) is 9.13 Å².